The summed E-state index contributed by atoms with van der Waals surface area (Å²) in [7, 11) is 0. The Kier molecular flexibility index (Phi) is 5.99. The lowest BCUT2D eigenvalue weighted by atomic mass is 9.86. The minimum Gasteiger partial charge on any atom is -0.481 e. The van der Waals surface area contributed by atoms with E-state index in [1.807, 2.05) is 31.2 Å². The van der Waals surface area contributed by atoms with Crippen molar-refractivity contribution in [3.8, 4) is 0 Å². The molecule has 0 aliphatic heterocycles. The van der Waals surface area contributed by atoms with Crippen LogP contribution in [0.15, 0.2) is 24.3 Å². The number of hydrogen-bond donors (Lipinski definition) is 2. The van der Waals surface area contributed by atoms with Crippen molar-refractivity contribution in [2.45, 2.75) is 57.9 Å². The van der Waals surface area contributed by atoms with Gasteiger partial charge in [0.05, 0.1) is 5.92 Å². The summed E-state index contributed by atoms with van der Waals surface area (Å²) in [6, 6.07) is 7.26. The number of aryl methyl sites for hydroxylation is 1. The molecule has 2 unspecified atom stereocenters. The first-order valence-corrected chi connectivity index (χ1v) is 8.25. The fourth-order valence-electron chi connectivity index (χ4n) is 3.25. The van der Waals surface area contributed by atoms with Gasteiger partial charge in [-0.1, -0.05) is 50.8 Å². The molecule has 4 heteroatoms. The van der Waals surface area contributed by atoms with Crippen LogP contribution < -0.4 is 5.32 Å². The van der Waals surface area contributed by atoms with E-state index in [2.05, 4.69) is 5.32 Å². The fourth-order valence-corrected chi connectivity index (χ4v) is 3.25. The number of carbonyl (C=O) groups is 2. The van der Waals surface area contributed by atoms with E-state index in [4.69, 9.17) is 0 Å². The van der Waals surface area contributed by atoms with Crippen molar-refractivity contribution in [2.24, 2.45) is 5.92 Å². The van der Waals surface area contributed by atoms with Crippen LogP contribution in [0.3, 0.4) is 0 Å². The summed E-state index contributed by atoms with van der Waals surface area (Å²) >= 11 is 0. The van der Waals surface area contributed by atoms with Gasteiger partial charge in [-0.3, -0.25) is 9.59 Å². The number of carboxylic acids is 1. The number of hydrogen-bond acceptors (Lipinski definition) is 2. The second-order valence-corrected chi connectivity index (χ2v) is 6.03. The van der Waals surface area contributed by atoms with Crippen LogP contribution >= 0.6 is 0 Å². The van der Waals surface area contributed by atoms with Gasteiger partial charge in [0.1, 0.15) is 0 Å². The molecule has 4 nitrogen and oxygen atoms in total. The highest BCUT2D eigenvalue weighted by Gasteiger charge is 2.30. The molecular weight excluding hydrogens is 278 g/mol. The largest absolute Gasteiger partial charge is 0.481 e. The second kappa shape index (κ2) is 7.97. The third-order valence-corrected chi connectivity index (χ3v) is 4.54. The Morgan fingerprint density at radius 2 is 1.82 bits per heavy atom. The van der Waals surface area contributed by atoms with E-state index in [0.29, 0.717) is 12.0 Å². The van der Waals surface area contributed by atoms with Gasteiger partial charge < -0.3 is 10.4 Å². The lowest BCUT2D eigenvalue weighted by molar-refractivity contribution is -0.143. The van der Waals surface area contributed by atoms with E-state index in [-0.39, 0.29) is 11.9 Å². The number of nitrogens with one attached hydrogen (secondary N) is 1. The molecule has 1 amide bonds. The normalized spacial score (nSPS) is 22.4. The molecule has 1 saturated carbocycles. The monoisotopic (exact) mass is 303 g/mol. The SMILES string of the molecule is CCc1ccccc1C(=O)NC1CCCCCCC1C(=O)O. The molecule has 0 bridgehead atoms. The molecular formula is C18H25NO3. The van der Waals surface area contributed by atoms with Gasteiger partial charge in [0.15, 0.2) is 0 Å². The standard InChI is InChI=1S/C18H25NO3/c1-2-13-9-7-8-10-14(13)17(20)19-16-12-6-4-3-5-11-15(16)18(21)22/h7-10,15-16H,2-6,11-12H2,1H3,(H,19,20)(H,21,22). The van der Waals surface area contributed by atoms with Crippen LogP contribution in [0.2, 0.25) is 0 Å². The average Bonchev–Trinajstić information content (AvgIpc) is 2.49. The molecule has 0 spiro atoms. The van der Waals surface area contributed by atoms with Crippen molar-refractivity contribution >= 4 is 11.9 Å². The smallest absolute Gasteiger partial charge is 0.308 e. The number of rotatable bonds is 4. The van der Waals surface area contributed by atoms with Gasteiger partial charge in [0.25, 0.3) is 5.91 Å². The molecule has 22 heavy (non-hydrogen) atoms. The molecule has 2 N–H and O–H groups in total. The Morgan fingerprint density at radius 3 is 2.50 bits per heavy atom. The van der Waals surface area contributed by atoms with Crippen molar-refractivity contribution in [3.63, 3.8) is 0 Å². The van der Waals surface area contributed by atoms with Gasteiger partial charge in [-0.25, -0.2) is 0 Å². The van der Waals surface area contributed by atoms with Crippen LogP contribution in [0.25, 0.3) is 0 Å². The molecule has 1 aliphatic rings. The van der Waals surface area contributed by atoms with Gasteiger partial charge in [-0.05, 0) is 30.9 Å². The molecule has 0 radical (unpaired) electrons. The third-order valence-electron chi connectivity index (χ3n) is 4.54. The van der Waals surface area contributed by atoms with Crippen molar-refractivity contribution in [1.82, 2.24) is 5.32 Å². The van der Waals surface area contributed by atoms with E-state index in [1.165, 1.54) is 0 Å². The van der Waals surface area contributed by atoms with Crippen LogP contribution in [0.4, 0.5) is 0 Å². The van der Waals surface area contributed by atoms with E-state index in [1.54, 1.807) is 0 Å². The zero-order valence-electron chi connectivity index (χ0n) is 13.2. The Hall–Kier alpha value is -1.84. The maximum absolute atomic E-state index is 12.6. The minimum atomic E-state index is -0.795. The predicted octanol–water partition coefficient (Wildman–Crippen LogP) is 3.40. The summed E-state index contributed by atoms with van der Waals surface area (Å²) < 4.78 is 0. The van der Waals surface area contributed by atoms with Gasteiger partial charge >= 0.3 is 5.97 Å². The molecule has 1 aliphatic carbocycles. The fraction of sp³-hybridized carbons (Fsp3) is 0.556. The molecule has 120 valence electrons. The van der Waals surface area contributed by atoms with Gasteiger partial charge in [0, 0.05) is 11.6 Å². The van der Waals surface area contributed by atoms with Crippen molar-refractivity contribution in [3.05, 3.63) is 35.4 Å². The molecule has 1 aromatic carbocycles. The minimum absolute atomic E-state index is 0.144. The second-order valence-electron chi connectivity index (χ2n) is 6.03. The maximum Gasteiger partial charge on any atom is 0.308 e. The summed E-state index contributed by atoms with van der Waals surface area (Å²) in [4.78, 5) is 24.1. The predicted molar refractivity (Wildman–Crippen MR) is 85.9 cm³/mol. The number of benzene rings is 1. The first-order valence-electron chi connectivity index (χ1n) is 8.25. The van der Waals surface area contributed by atoms with E-state index < -0.39 is 11.9 Å². The first kappa shape index (κ1) is 16.5. The zero-order valence-corrected chi connectivity index (χ0v) is 13.2. The summed E-state index contributed by atoms with van der Waals surface area (Å²) in [5.74, 6) is -1.41. The van der Waals surface area contributed by atoms with Gasteiger partial charge in [-0.2, -0.15) is 0 Å². The summed E-state index contributed by atoms with van der Waals surface area (Å²) in [6.45, 7) is 2.02. The van der Waals surface area contributed by atoms with Crippen LogP contribution in [-0.2, 0) is 11.2 Å². The average molecular weight is 303 g/mol. The van der Waals surface area contributed by atoms with E-state index >= 15 is 0 Å². The number of carbonyl (C=O) groups excluding carboxylic acids is 1. The van der Waals surface area contributed by atoms with E-state index in [0.717, 1.165) is 44.1 Å². The molecule has 0 saturated heterocycles. The maximum atomic E-state index is 12.6. The van der Waals surface area contributed by atoms with Crippen LogP contribution in [-0.4, -0.2) is 23.0 Å². The Bertz CT molecular complexity index is 527. The lowest BCUT2D eigenvalue weighted by Crippen LogP contribution is -2.44. The number of amides is 1. The Morgan fingerprint density at radius 1 is 1.14 bits per heavy atom. The molecule has 2 rings (SSSR count). The quantitative estimate of drug-likeness (QED) is 0.896. The molecule has 2 atom stereocenters. The third kappa shape index (κ3) is 4.09. The highest BCUT2D eigenvalue weighted by atomic mass is 16.4. The Labute approximate surface area is 131 Å². The van der Waals surface area contributed by atoms with Gasteiger partial charge in [0.2, 0.25) is 0 Å². The summed E-state index contributed by atoms with van der Waals surface area (Å²) in [6.07, 6.45) is 6.29. The van der Waals surface area contributed by atoms with E-state index in [9.17, 15) is 14.7 Å². The molecule has 1 fully saturated rings. The summed E-state index contributed by atoms with van der Waals surface area (Å²) in [5, 5.41) is 12.4. The topological polar surface area (TPSA) is 66.4 Å². The highest BCUT2D eigenvalue weighted by Crippen LogP contribution is 2.24. The van der Waals surface area contributed by atoms with Crippen LogP contribution in [0.5, 0.6) is 0 Å². The van der Waals surface area contributed by atoms with Crippen molar-refractivity contribution in [2.75, 3.05) is 0 Å². The van der Waals surface area contributed by atoms with Crippen molar-refractivity contribution in [1.29, 1.82) is 0 Å². The number of carboxylic acid groups (broad SMARTS) is 1. The highest BCUT2D eigenvalue weighted by molar-refractivity contribution is 5.96. The zero-order chi connectivity index (χ0) is 15.9. The Balaban J connectivity index is 2.14. The molecule has 1 aromatic rings. The van der Waals surface area contributed by atoms with Crippen LogP contribution in [0.1, 0.15) is 61.4 Å². The summed E-state index contributed by atoms with van der Waals surface area (Å²) in [5.41, 5.74) is 1.66. The van der Waals surface area contributed by atoms with Gasteiger partial charge in [-0.15, -0.1) is 0 Å². The molecule has 0 heterocycles. The number of aliphatic carboxylic acids is 1. The van der Waals surface area contributed by atoms with Crippen molar-refractivity contribution < 1.29 is 14.7 Å². The lowest BCUT2D eigenvalue weighted by Gasteiger charge is -2.27. The van der Waals surface area contributed by atoms with Crippen LogP contribution in [0, 0.1) is 5.92 Å². The first-order chi connectivity index (χ1) is 10.6. The molecule has 0 aromatic heterocycles.